The maximum absolute atomic E-state index is 12.4. The molecular formula is C15H9N5O4. The van der Waals surface area contributed by atoms with Gasteiger partial charge in [0.05, 0.1) is 23.4 Å². The fourth-order valence-corrected chi connectivity index (χ4v) is 2.60. The smallest absolute Gasteiger partial charge is 0.375 e. The van der Waals surface area contributed by atoms with Gasteiger partial charge in [-0.15, -0.1) is 5.10 Å². The number of imide groups is 1. The molecule has 0 saturated carbocycles. The lowest BCUT2D eigenvalue weighted by atomic mass is 10.1. The zero-order valence-corrected chi connectivity index (χ0v) is 12.1. The summed E-state index contributed by atoms with van der Waals surface area (Å²) in [4.78, 5) is 44.6. The second-order valence-corrected chi connectivity index (χ2v) is 5.13. The van der Waals surface area contributed by atoms with Crippen molar-refractivity contribution in [3.8, 4) is 0 Å². The number of carbonyl (C=O) groups is 3. The molecule has 0 saturated heterocycles. The third-order valence-electron chi connectivity index (χ3n) is 3.71. The molecule has 2 aromatic heterocycles. The van der Waals surface area contributed by atoms with Crippen LogP contribution in [0, 0.1) is 0 Å². The molecule has 0 aliphatic carbocycles. The van der Waals surface area contributed by atoms with Crippen LogP contribution in [0.15, 0.2) is 36.5 Å². The number of hydrogen-bond donors (Lipinski definition) is 1. The maximum atomic E-state index is 12.4. The average Bonchev–Trinajstić information content (AvgIpc) is 3.12. The minimum absolute atomic E-state index is 0.0617. The molecule has 0 unspecified atom stereocenters. The molecule has 3 aromatic rings. The van der Waals surface area contributed by atoms with Gasteiger partial charge in [-0.25, -0.2) is 9.78 Å². The lowest BCUT2D eigenvalue weighted by molar-refractivity contribution is 0.0634. The van der Waals surface area contributed by atoms with Crippen molar-refractivity contribution in [3.05, 3.63) is 59.2 Å². The van der Waals surface area contributed by atoms with E-state index in [2.05, 4.69) is 15.1 Å². The Balaban J connectivity index is 1.74. The predicted molar refractivity (Wildman–Crippen MR) is 78.4 cm³/mol. The minimum atomic E-state index is -1.29. The van der Waals surface area contributed by atoms with Gasteiger partial charge >= 0.3 is 5.97 Å². The van der Waals surface area contributed by atoms with E-state index in [0.717, 1.165) is 4.90 Å². The van der Waals surface area contributed by atoms with E-state index in [-0.39, 0.29) is 12.3 Å². The number of nitrogens with zero attached hydrogens (tertiary/aromatic N) is 5. The zero-order chi connectivity index (χ0) is 16.8. The zero-order valence-electron chi connectivity index (χ0n) is 12.1. The molecule has 24 heavy (non-hydrogen) atoms. The fourth-order valence-electron chi connectivity index (χ4n) is 2.60. The lowest BCUT2D eigenvalue weighted by Crippen LogP contribution is -2.30. The molecule has 0 atom stereocenters. The molecule has 1 aliphatic rings. The first-order chi connectivity index (χ1) is 11.6. The standard InChI is InChI=1S/C15H9N5O4/c21-12-9-3-1-2-4-10(9)13(22)19(12)7-8-5-6-16-15-17-11(14(23)24)18-20(8)15/h1-6H,7H2,(H,23,24). The van der Waals surface area contributed by atoms with E-state index in [1.807, 2.05) is 0 Å². The molecule has 0 fully saturated rings. The lowest BCUT2D eigenvalue weighted by Gasteiger charge is -2.14. The molecule has 0 radical (unpaired) electrons. The Morgan fingerprint density at radius 1 is 1.08 bits per heavy atom. The van der Waals surface area contributed by atoms with Crippen LogP contribution < -0.4 is 0 Å². The van der Waals surface area contributed by atoms with Crippen molar-refractivity contribution in [1.82, 2.24) is 24.5 Å². The number of hydrogen-bond acceptors (Lipinski definition) is 6. The summed E-state index contributed by atoms with van der Waals surface area (Å²) in [6.45, 7) is -0.0617. The molecule has 9 heteroatoms. The Hall–Kier alpha value is -3.62. The number of fused-ring (bicyclic) bond motifs is 2. The molecule has 1 aliphatic heterocycles. The highest BCUT2D eigenvalue weighted by atomic mass is 16.4. The Kier molecular flexibility index (Phi) is 2.89. The molecular weight excluding hydrogens is 314 g/mol. The first-order valence-corrected chi connectivity index (χ1v) is 6.95. The highest BCUT2D eigenvalue weighted by Crippen LogP contribution is 2.24. The van der Waals surface area contributed by atoms with Gasteiger partial charge in [0.25, 0.3) is 23.4 Å². The summed E-state index contributed by atoms with van der Waals surface area (Å²) < 4.78 is 1.22. The molecule has 118 valence electrons. The normalized spacial score (nSPS) is 13.6. The van der Waals surface area contributed by atoms with E-state index in [0.29, 0.717) is 16.8 Å². The largest absolute Gasteiger partial charge is 0.475 e. The van der Waals surface area contributed by atoms with Gasteiger partial charge in [0, 0.05) is 6.20 Å². The maximum Gasteiger partial charge on any atom is 0.375 e. The van der Waals surface area contributed by atoms with E-state index in [1.165, 1.54) is 10.7 Å². The van der Waals surface area contributed by atoms with Crippen LogP contribution in [0.2, 0.25) is 0 Å². The minimum Gasteiger partial charge on any atom is -0.475 e. The van der Waals surface area contributed by atoms with Gasteiger partial charge in [-0.3, -0.25) is 14.5 Å². The van der Waals surface area contributed by atoms with Crippen molar-refractivity contribution < 1.29 is 19.5 Å². The number of amides is 2. The number of carboxylic acids is 1. The van der Waals surface area contributed by atoms with Crippen molar-refractivity contribution in [2.24, 2.45) is 0 Å². The first-order valence-electron chi connectivity index (χ1n) is 6.95. The SMILES string of the molecule is O=C(O)c1nc2nccc(CN3C(=O)c4ccccc4C3=O)n2n1. The topological polar surface area (TPSA) is 118 Å². The van der Waals surface area contributed by atoms with Gasteiger partial charge in [-0.1, -0.05) is 12.1 Å². The number of aromatic nitrogens is 4. The van der Waals surface area contributed by atoms with E-state index < -0.39 is 23.6 Å². The summed E-state index contributed by atoms with van der Waals surface area (Å²) in [5, 5.41) is 12.8. The van der Waals surface area contributed by atoms with Crippen molar-refractivity contribution in [2.75, 3.05) is 0 Å². The van der Waals surface area contributed by atoms with E-state index >= 15 is 0 Å². The van der Waals surface area contributed by atoms with E-state index in [1.54, 1.807) is 30.3 Å². The number of benzene rings is 1. The fraction of sp³-hybridized carbons (Fsp3) is 0.0667. The quantitative estimate of drug-likeness (QED) is 0.702. The van der Waals surface area contributed by atoms with Crippen LogP contribution in [0.4, 0.5) is 0 Å². The van der Waals surface area contributed by atoms with Gasteiger partial charge in [0.15, 0.2) is 0 Å². The number of rotatable bonds is 3. The van der Waals surface area contributed by atoms with Crippen LogP contribution in [-0.2, 0) is 6.54 Å². The summed E-state index contributed by atoms with van der Waals surface area (Å²) in [7, 11) is 0. The highest BCUT2D eigenvalue weighted by Gasteiger charge is 2.35. The van der Waals surface area contributed by atoms with Crippen LogP contribution in [0.3, 0.4) is 0 Å². The summed E-state index contributed by atoms with van der Waals surface area (Å²) in [5.74, 6) is -2.41. The van der Waals surface area contributed by atoms with Crippen molar-refractivity contribution in [1.29, 1.82) is 0 Å². The van der Waals surface area contributed by atoms with Crippen molar-refractivity contribution in [2.45, 2.75) is 6.54 Å². The van der Waals surface area contributed by atoms with Crippen molar-refractivity contribution in [3.63, 3.8) is 0 Å². The molecule has 3 heterocycles. The molecule has 4 rings (SSSR count). The second kappa shape index (κ2) is 4.95. The molecule has 9 nitrogen and oxygen atoms in total. The van der Waals surface area contributed by atoms with Crippen LogP contribution >= 0.6 is 0 Å². The number of carboxylic acid groups (broad SMARTS) is 1. The second-order valence-electron chi connectivity index (χ2n) is 5.13. The van der Waals surface area contributed by atoms with Crippen LogP contribution in [0.1, 0.15) is 37.0 Å². The summed E-state index contributed by atoms with van der Waals surface area (Å²) in [5.41, 5.74) is 1.12. The van der Waals surface area contributed by atoms with Gasteiger partial charge in [0.2, 0.25) is 0 Å². The van der Waals surface area contributed by atoms with Gasteiger partial charge < -0.3 is 5.11 Å². The van der Waals surface area contributed by atoms with Crippen LogP contribution in [-0.4, -0.2) is 47.4 Å². The number of aromatic carboxylic acids is 1. The Labute approximate surface area is 134 Å². The first kappa shape index (κ1) is 14.0. The molecule has 0 bridgehead atoms. The number of carbonyl (C=O) groups excluding carboxylic acids is 2. The highest BCUT2D eigenvalue weighted by molar-refractivity contribution is 6.21. The average molecular weight is 323 g/mol. The Morgan fingerprint density at radius 2 is 1.75 bits per heavy atom. The summed E-state index contributed by atoms with van der Waals surface area (Å²) in [6, 6.07) is 8.12. The van der Waals surface area contributed by atoms with Crippen molar-refractivity contribution >= 4 is 23.6 Å². The molecule has 2 amide bonds. The summed E-state index contributed by atoms with van der Waals surface area (Å²) >= 11 is 0. The van der Waals surface area contributed by atoms with Gasteiger partial charge in [-0.2, -0.15) is 9.50 Å². The Morgan fingerprint density at radius 3 is 2.38 bits per heavy atom. The van der Waals surface area contributed by atoms with Gasteiger partial charge in [0.1, 0.15) is 0 Å². The molecule has 1 aromatic carbocycles. The third kappa shape index (κ3) is 1.95. The predicted octanol–water partition coefficient (Wildman–Crippen LogP) is 0.619. The summed E-state index contributed by atoms with van der Waals surface area (Å²) in [6.07, 6.45) is 1.42. The van der Waals surface area contributed by atoms with Crippen LogP contribution in [0.25, 0.3) is 5.78 Å². The van der Waals surface area contributed by atoms with E-state index in [4.69, 9.17) is 5.11 Å². The third-order valence-corrected chi connectivity index (χ3v) is 3.71. The van der Waals surface area contributed by atoms with Gasteiger partial charge in [-0.05, 0) is 18.2 Å². The Bertz CT molecular complexity index is 991. The van der Waals surface area contributed by atoms with E-state index in [9.17, 15) is 14.4 Å². The monoisotopic (exact) mass is 323 g/mol. The molecule has 0 spiro atoms. The van der Waals surface area contributed by atoms with Crippen LogP contribution in [0.5, 0.6) is 0 Å². The molecule has 1 N–H and O–H groups in total.